The minimum atomic E-state index is -0.684. The van der Waals surface area contributed by atoms with Gasteiger partial charge in [0.25, 0.3) is 0 Å². The molecule has 0 radical (unpaired) electrons. The molecule has 3 N–H and O–H groups in total. The second-order valence-electron chi connectivity index (χ2n) is 5.22. The first kappa shape index (κ1) is 13.4. The number of phenolic OH excluding ortho intramolecular Hbond substituents is 1. The number of hydrogen-bond donors (Lipinski definition) is 3. The average molecular weight is 262 g/mol. The van der Waals surface area contributed by atoms with E-state index in [9.17, 15) is 14.7 Å². The molecule has 5 nitrogen and oxygen atoms in total. The van der Waals surface area contributed by atoms with Crippen LogP contribution in [0.4, 0.5) is 0 Å². The zero-order valence-electron chi connectivity index (χ0n) is 11.0. The maximum Gasteiger partial charge on any atom is 0.247 e. The molecule has 1 saturated heterocycles. The number of benzene rings is 1. The number of nitrogens with one attached hydrogen (secondary N) is 2. The van der Waals surface area contributed by atoms with Gasteiger partial charge in [-0.2, -0.15) is 0 Å². The number of amides is 2. The number of rotatable bonds is 3. The predicted molar refractivity (Wildman–Crippen MR) is 70.4 cm³/mol. The summed E-state index contributed by atoms with van der Waals surface area (Å²) in [7, 11) is 0. The highest BCUT2D eigenvalue weighted by Crippen LogP contribution is 2.20. The van der Waals surface area contributed by atoms with Gasteiger partial charge in [0.15, 0.2) is 0 Å². The third-order valence-electron chi connectivity index (χ3n) is 3.12. The molecule has 1 aliphatic heterocycles. The zero-order chi connectivity index (χ0) is 14.0. The lowest BCUT2D eigenvalue weighted by atomic mass is 9.97. The van der Waals surface area contributed by atoms with Crippen molar-refractivity contribution in [1.29, 1.82) is 0 Å². The Morgan fingerprint density at radius 3 is 2.32 bits per heavy atom. The van der Waals surface area contributed by atoms with Crippen LogP contribution < -0.4 is 10.6 Å². The highest BCUT2D eigenvalue weighted by Gasteiger charge is 2.34. The second-order valence-corrected chi connectivity index (χ2v) is 5.22. The third-order valence-corrected chi connectivity index (χ3v) is 3.12. The fourth-order valence-corrected chi connectivity index (χ4v) is 2.17. The van der Waals surface area contributed by atoms with Gasteiger partial charge in [0.2, 0.25) is 11.8 Å². The molecule has 0 saturated carbocycles. The molecular weight excluding hydrogens is 244 g/mol. The van der Waals surface area contributed by atoms with E-state index in [1.165, 1.54) is 12.1 Å². The summed E-state index contributed by atoms with van der Waals surface area (Å²) < 4.78 is 0. The van der Waals surface area contributed by atoms with Gasteiger partial charge < -0.3 is 15.7 Å². The number of aromatic hydroxyl groups is 1. The Kier molecular flexibility index (Phi) is 3.74. The van der Waals surface area contributed by atoms with E-state index in [4.69, 9.17) is 0 Å². The highest BCUT2D eigenvalue weighted by molar-refractivity contribution is 5.97. The molecule has 19 heavy (non-hydrogen) atoms. The van der Waals surface area contributed by atoms with Crippen LogP contribution in [-0.4, -0.2) is 23.0 Å². The molecule has 1 heterocycles. The van der Waals surface area contributed by atoms with Gasteiger partial charge in [-0.25, -0.2) is 0 Å². The van der Waals surface area contributed by atoms with Crippen molar-refractivity contribution in [2.45, 2.75) is 32.4 Å². The zero-order valence-corrected chi connectivity index (χ0v) is 11.0. The molecule has 102 valence electrons. The first-order valence-corrected chi connectivity index (χ1v) is 6.37. The van der Waals surface area contributed by atoms with Crippen LogP contribution in [-0.2, 0) is 9.59 Å². The van der Waals surface area contributed by atoms with E-state index in [-0.39, 0.29) is 17.6 Å². The van der Waals surface area contributed by atoms with E-state index in [0.29, 0.717) is 17.9 Å². The Morgan fingerprint density at radius 2 is 1.74 bits per heavy atom. The Balaban J connectivity index is 2.12. The van der Waals surface area contributed by atoms with Gasteiger partial charge in [0, 0.05) is 0 Å². The number of phenols is 1. The highest BCUT2D eigenvalue weighted by atomic mass is 16.3. The average Bonchev–Trinajstić information content (AvgIpc) is 2.34. The van der Waals surface area contributed by atoms with Gasteiger partial charge in [0.1, 0.15) is 17.8 Å². The molecule has 2 rings (SSSR count). The van der Waals surface area contributed by atoms with Crippen LogP contribution in [0.1, 0.15) is 31.9 Å². The summed E-state index contributed by atoms with van der Waals surface area (Å²) in [5.41, 5.74) is 0.659. The van der Waals surface area contributed by atoms with E-state index in [2.05, 4.69) is 10.6 Å². The van der Waals surface area contributed by atoms with Gasteiger partial charge >= 0.3 is 0 Å². The molecule has 2 atom stereocenters. The van der Waals surface area contributed by atoms with Gasteiger partial charge in [-0.05, 0) is 30.0 Å². The Morgan fingerprint density at radius 1 is 1.11 bits per heavy atom. The number of carbonyl (C=O) groups excluding carboxylic acids is 2. The van der Waals surface area contributed by atoms with Crippen LogP contribution in [0, 0.1) is 5.92 Å². The smallest absolute Gasteiger partial charge is 0.247 e. The van der Waals surface area contributed by atoms with Crippen molar-refractivity contribution in [2.24, 2.45) is 5.92 Å². The van der Waals surface area contributed by atoms with Crippen molar-refractivity contribution in [1.82, 2.24) is 10.6 Å². The molecule has 5 heteroatoms. The van der Waals surface area contributed by atoms with Crippen LogP contribution in [0.25, 0.3) is 0 Å². The van der Waals surface area contributed by atoms with Crippen molar-refractivity contribution < 1.29 is 14.7 Å². The summed E-state index contributed by atoms with van der Waals surface area (Å²) in [6.45, 7) is 4.01. The first-order valence-electron chi connectivity index (χ1n) is 6.37. The quantitative estimate of drug-likeness (QED) is 0.763. The molecule has 0 aromatic heterocycles. The second kappa shape index (κ2) is 5.30. The lowest BCUT2D eigenvalue weighted by Crippen LogP contribution is -2.57. The summed E-state index contributed by atoms with van der Waals surface area (Å²) >= 11 is 0. The largest absolute Gasteiger partial charge is 0.508 e. The van der Waals surface area contributed by atoms with Crippen molar-refractivity contribution in [3.8, 4) is 5.75 Å². The molecule has 1 aromatic carbocycles. The van der Waals surface area contributed by atoms with Crippen LogP contribution in [0.15, 0.2) is 24.3 Å². The standard InChI is InChI=1S/C14H18N2O3/c1-8(2)7-11-13(18)16-12(14(19)15-11)9-3-5-10(17)6-4-9/h3-6,8,11-12,17H,7H2,1-2H3,(H,15,19)(H,16,18)/t11-,12?/m1/s1. The maximum absolute atomic E-state index is 12.0. The molecule has 0 bridgehead atoms. The Labute approximate surface area is 112 Å². The van der Waals surface area contributed by atoms with E-state index in [1.807, 2.05) is 13.8 Å². The van der Waals surface area contributed by atoms with Crippen LogP contribution in [0.2, 0.25) is 0 Å². The van der Waals surface area contributed by atoms with Gasteiger partial charge in [-0.1, -0.05) is 26.0 Å². The number of carbonyl (C=O) groups is 2. The predicted octanol–water partition coefficient (Wildman–Crippen LogP) is 1.09. The van der Waals surface area contributed by atoms with E-state index < -0.39 is 12.1 Å². The summed E-state index contributed by atoms with van der Waals surface area (Å²) in [4.78, 5) is 24.0. The molecule has 1 aliphatic rings. The molecule has 1 unspecified atom stereocenters. The van der Waals surface area contributed by atoms with E-state index in [0.717, 1.165) is 0 Å². The maximum atomic E-state index is 12.0. The summed E-state index contributed by atoms with van der Waals surface area (Å²) in [5.74, 6) is 0.0903. The molecule has 0 aliphatic carbocycles. The first-order chi connectivity index (χ1) is 8.97. The lowest BCUT2D eigenvalue weighted by Gasteiger charge is -2.30. The van der Waals surface area contributed by atoms with Crippen molar-refractivity contribution >= 4 is 11.8 Å². The minimum absolute atomic E-state index is 0.129. The number of hydrogen-bond acceptors (Lipinski definition) is 3. The molecule has 1 fully saturated rings. The van der Waals surface area contributed by atoms with Crippen molar-refractivity contribution in [3.63, 3.8) is 0 Å². The fourth-order valence-electron chi connectivity index (χ4n) is 2.17. The van der Waals surface area contributed by atoms with Crippen LogP contribution >= 0.6 is 0 Å². The Bertz CT molecular complexity index is 482. The van der Waals surface area contributed by atoms with Gasteiger partial charge in [-0.15, -0.1) is 0 Å². The summed E-state index contributed by atoms with van der Waals surface area (Å²) in [6.07, 6.45) is 0.625. The normalized spacial score (nSPS) is 23.1. The minimum Gasteiger partial charge on any atom is -0.508 e. The monoisotopic (exact) mass is 262 g/mol. The summed E-state index contributed by atoms with van der Waals surface area (Å²) in [6, 6.07) is 5.10. The van der Waals surface area contributed by atoms with Crippen LogP contribution in [0.3, 0.4) is 0 Å². The molecule has 2 amide bonds. The van der Waals surface area contributed by atoms with Gasteiger partial charge in [0.05, 0.1) is 0 Å². The lowest BCUT2D eigenvalue weighted by molar-refractivity contribution is -0.137. The third kappa shape index (κ3) is 3.05. The number of piperazine rings is 1. The Hall–Kier alpha value is -2.04. The molecule has 1 aromatic rings. The van der Waals surface area contributed by atoms with Gasteiger partial charge in [-0.3, -0.25) is 9.59 Å². The van der Waals surface area contributed by atoms with E-state index in [1.54, 1.807) is 12.1 Å². The van der Waals surface area contributed by atoms with Crippen LogP contribution in [0.5, 0.6) is 5.75 Å². The molecular formula is C14H18N2O3. The van der Waals surface area contributed by atoms with Crippen molar-refractivity contribution in [2.75, 3.05) is 0 Å². The fraction of sp³-hybridized carbons (Fsp3) is 0.429. The van der Waals surface area contributed by atoms with Crippen molar-refractivity contribution in [3.05, 3.63) is 29.8 Å². The SMILES string of the molecule is CC(C)C[C@H]1NC(=O)C(c2ccc(O)cc2)NC1=O. The van der Waals surface area contributed by atoms with E-state index >= 15 is 0 Å². The molecule has 0 spiro atoms. The topological polar surface area (TPSA) is 78.4 Å². The summed E-state index contributed by atoms with van der Waals surface area (Å²) in [5, 5.41) is 14.7.